The fourth-order valence-corrected chi connectivity index (χ4v) is 3.53. The first-order valence-corrected chi connectivity index (χ1v) is 8.09. The summed E-state index contributed by atoms with van der Waals surface area (Å²) < 4.78 is 5.91. The van der Waals surface area contributed by atoms with Crippen LogP contribution in [0.3, 0.4) is 0 Å². The van der Waals surface area contributed by atoms with Gasteiger partial charge in [-0.3, -0.25) is 9.59 Å². The summed E-state index contributed by atoms with van der Waals surface area (Å²) in [7, 11) is 0. The Morgan fingerprint density at radius 3 is 2.76 bits per heavy atom. The molecule has 1 heterocycles. The molecule has 0 unspecified atom stereocenters. The molecule has 0 saturated heterocycles. The van der Waals surface area contributed by atoms with Crippen molar-refractivity contribution in [3.63, 3.8) is 0 Å². The molecule has 0 aliphatic heterocycles. The highest BCUT2D eigenvalue weighted by Crippen LogP contribution is 2.33. The van der Waals surface area contributed by atoms with E-state index in [0.29, 0.717) is 24.5 Å². The fraction of sp³-hybridized carbons (Fsp3) is 0.375. The first-order valence-electron chi connectivity index (χ1n) is 6.90. The van der Waals surface area contributed by atoms with Crippen LogP contribution in [0, 0.1) is 6.92 Å². The van der Waals surface area contributed by atoms with Gasteiger partial charge in [0.25, 0.3) is 0 Å². The van der Waals surface area contributed by atoms with Crippen LogP contribution in [0.15, 0.2) is 18.2 Å². The maximum absolute atomic E-state index is 12.3. The molecule has 2 rings (SSSR count). The Balaban J connectivity index is 2.06. The van der Waals surface area contributed by atoms with Gasteiger partial charge >= 0.3 is 5.97 Å². The van der Waals surface area contributed by atoms with Crippen LogP contribution >= 0.6 is 22.9 Å². The Morgan fingerprint density at radius 2 is 2.05 bits per heavy atom. The van der Waals surface area contributed by atoms with Gasteiger partial charge in [0.1, 0.15) is 0 Å². The van der Waals surface area contributed by atoms with Crippen LogP contribution in [0.2, 0.25) is 5.02 Å². The van der Waals surface area contributed by atoms with Crippen LogP contribution in [0.5, 0.6) is 0 Å². The number of ketones is 1. The summed E-state index contributed by atoms with van der Waals surface area (Å²) in [6.45, 7) is 4.09. The first-order chi connectivity index (χ1) is 10.0. The monoisotopic (exact) mass is 324 g/mol. The van der Waals surface area contributed by atoms with Gasteiger partial charge in [0.15, 0.2) is 5.78 Å². The third-order valence-corrected chi connectivity index (χ3v) is 4.79. The highest BCUT2D eigenvalue weighted by Gasteiger charge is 2.16. The minimum Gasteiger partial charge on any atom is -0.466 e. The molecule has 3 nitrogen and oxygen atoms in total. The Bertz CT molecular complexity index is 675. The molecule has 21 heavy (non-hydrogen) atoms. The Labute approximate surface area is 132 Å². The third kappa shape index (κ3) is 3.83. The second-order valence-electron chi connectivity index (χ2n) is 4.78. The quantitative estimate of drug-likeness (QED) is 0.567. The maximum atomic E-state index is 12.3. The number of aryl methyl sites for hydroxylation is 1. The maximum Gasteiger partial charge on any atom is 0.305 e. The number of benzene rings is 1. The molecule has 112 valence electrons. The third-order valence-electron chi connectivity index (χ3n) is 3.24. The van der Waals surface area contributed by atoms with E-state index >= 15 is 0 Å². The van der Waals surface area contributed by atoms with E-state index in [1.165, 1.54) is 11.3 Å². The molecule has 0 atom stereocenters. The Morgan fingerprint density at radius 1 is 1.29 bits per heavy atom. The summed E-state index contributed by atoms with van der Waals surface area (Å²) in [4.78, 5) is 24.3. The number of carbonyl (C=O) groups excluding carboxylic acids is 2. The number of hydrogen-bond donors (Lipinski definition) is 0. The van der Waals surface area contributed by atoms with E-state index in [1.807, 2.05) is 25.1 Å². The molecule has 0 radical (unpaired) electrons. The molecule has 2 aromatic rings. The van der Waals surface area contributed by atoms with Gasteiger partial charge in [0.05, 0.1) is 11.5 Å². The van der Waals surface area contributed by atoms with Crippen LogP contribution in [0.4, 0.5) is 0 Å². The zero-order valence-corrected chi connectivity index (χ0v) is 13.6. The fourth-order valence-electron chi connectivity index (χ4n) is 2.20. The van der Waals surface area contributed by atoms with Gasteiger partial charge in [-0.15, -0.1) is 11.3 Å². The number of Topliss-reactive ketones (excluding diaryl/α,β-unsaturated/α-hetero) is 1. The number of ether oxygens (including phenoxy) is 1. The normalized spacial score (nSPS) is 10.8. The second-order valence-corrected chi connectivity index (χ2v) is 6.27. The van der Waals surface area contributed by atoms with Crippen LogP contribution in [0.1, 0.15) is 41.4 Å². The first kappa shape index (κ1) is 16.0. The van der Waals surface area contributed by atoms with Crippen LogP contribution in [-0.2, 0) is 9.53 Å². The summed E-state index contributed by atoms with van der Waals surface area (Å²) in [6, 6.07) is 5.65. The van der Waals surface area contributed by atoms with Crippen molar-refractivity contribution >= 4 is 44.8 Å². The minimum absolute atomic E-state index is 0.0779. The van der Waals surface area contributed by atoms with E-state index in [0.717, 1.165) is 20.5 Å². The average molecular weight is 325 g/mol. The summed E-state index contributed by atoms with van der Waals surface area (Å²) in [5, 5.41) is 1.70. The van der Waals surface area contributed by atoms with E-state index in [9.17, 15) is 9.59 Å². The predicted octanol–water partition coefficient (Wildman–Crippen LogP) is 4.78. The van der Waals surface area contributed by atoms with Crippen molar-refractivity contribution in [1.29, 1.82) is 0 Å². The molecular weight excluding hydrogens is 308 g/mol. The zero-order chi connectivity index (χ0) is 15.4. The smallest absolute Gasteiger partial charge is 0.305 e. The van der Waals surface area contributed by atoms with E-state index in [1.54, 1.807) is 6.92 Å². The van der Waals surface area contributed by atoms with Gasteiger partial charge in [-0.1, -0.05) is 11.6 Å². The molecule has 1 aromatic carbocycles. The van der Waals surface area contributed by atoms with Gasteiger partial charge in [-0.2, -0.15) is 0 Å². The molecule has 0 aliphatic carbocycles. The summed E-state index contributed by atoms with van der Waals surface area (Å²) in [5.74, 6) is -0.167. The van der Waals surface area contributed by atoms with Crippen molar-refractivity contribution in [2.24, 2.45) is 0 Å². The van der Waals surface area contributed by atoms with E-state index in [-0.39, 0.29) is 18.2 Å². The van der Waals surface area contributed by atoms with Crippen molar-refractivity contribution in [2.75, 3.05) is 6.61 Å². The van der Waals surface area contributed by atoms with Crippen LogP contribution < -0.4 is 0 Å². The van der Waals surface area contributed by atoms with Gasteiger partial charge in [0, 0.05) is 22.6 Å². The van der Waals surface area contributed by atoms with E-state index in [2.05, 4.69) is 0 Å². The Hall–Kier alpha value is -1.39. The molecular formula is C16H17ClO3S. The number of fused-ring (bicyclic) bond motifs is 1. The molecule has 0 amide bonds. The Kier molecular flexibility index (Phi) is 5.37. The standard InChI is InChI=1S/C16H17ClO3S/c1-3-20-15(19)6-4-5-13(18)16-10(2)12-9-11(17)7-8-14(12)21-16/h7-9H,3-6H2,1-2H3. The van der Waals surface area contributed by atoms with Crippen LogP contribution in [-0.4, -0.2) is 18.4 Å². The number of rotatable bonds is 6. The highest BCUT2D eigenvalue weighted by molar-refractivity contribution is 7.21. The molecule has 0 saturated carbocycles. The highest BCUT2D eigenvalue weighted by atomic mass is 35.5. The van der Waals surface area contributed by atoms with Crippen molar-refractivity contribution in [3.8, 4) is 0 Å². The van der Waals surface area contributed by atoms with E-state index < -0.39 is 0 Å². The second kappa shape index (κ2) is 7.05. The number of hydrogen-bond acceptors (Lipinski definition) is 4. The van der Waals surface area contributed by atoms with Gasteiger partial charge < -0.3 is 4.74 Å². The topological polar surface area (TPSA) is 43.4 Å². The number of esters is 1. The lowest BCUT2D eigenvalue weighted by molar-refractivity contribution is -0.143. The SMILES string of the molecule is CCOC(=O)CCCC(=O)c1sc2ccc(Cl)cc2c1C. The largest absolute Gasteiger partial charge is 0.466 e. The van der Waals surface area contributed by atoms with Crippen molar-refractivity contribution in [2.45, 2.75) is 33.1 Å². The predicted molar refractivity (Wildman–Crippen MR) is 86.4 cm³/mol. The average Bonchev–Trinajstić information content (AvgIpc) is 2.76. The summed E-state index contributed by atoms with van der Waals surface area (Å²) >= 11 is 7.48. The molecule has 5 heteroatoms. The number of halogens is 1. The lowest BCUT2D eigenvalue weighted by Crippen LogP contribution is -2.05. The molecule has 0 fully saturated rings. The summed E-state index contributed by atoms with van der Waals surface area (Å²) in [6.07, 6.45) is 1.17. The molecule has 0 bridgehead atoms. The zero-order valence-electron chi connectivity index (χ0n) is 12.1. The lowest BCUT2D eigenvalue weighted by Gasteiger charge is -2.01. The molecule has 0 N–H and O–H groups in total. The molecule has 0 aliphatic rings. The molecule has 0 spiro atoms. The number of thiophene rings is 1. The lowest BCUT2D eigenvalue weighted by atomic mass is 10.1. The van der Waals surface area contributed by atoms with Gasteiger partial charge in [-0.05, 0) is 49.4 Å². The van der Waals surface area contributed by atoms with Crippen molar-refractivity contribution in [1.82, 2.24) is 0 Å². The van der Waals surface area contributed by atoms with Gasteiger partial charge in [0.2, 0.25) is 0 Å². The number of carbonyl (C=O) groups is 2. The molecule has 1 aromatic heterocycles. The van der Waals surface area contributed by atoms with Crippen molar-refractivity contribution < 1.29 is 14.3 Å². The minimum atomic E-state index is -0.245. The van der Waals surface area contributed by atoms with Gasteiger partial charge in [-0.25, -0.2) is 0 Å². The van der Waals surface area contributed by atoms with Crippen molar-refractivity contribution in [3.05, 3.63) is 33.7 Å². The van der Waals surface area contributed by atoms with Crippen LogP contribution in [0.25, 0.3) is 10.1 Å². The summed E-state index contributed by atoms with van der Waals surface area (Å²) in [5.41, 5.74) is 0.971. The van der Waals surface area contributed by atoms with E-state index in [4.69, 9.17) is 16.3 Å².